The molecule has 9 heteroatoms. The molecule has 9 nitrogen and oxygen atoms in total. The molecule has 1 aliphatic rings. The Morgan fingerprint density at radius 3 is 2.35 bits per heavy atom. The third kappa shape index (κ3) is 4.32. The molecule has 0 bridgehead atoms. The highest BCUT2D eigenvalue weighted by atomic mass is 16.6. The standard InChI is InChI=1S/C25H24N2O7/c1-31-21-13-19(22(27(29)30)24(33-3)23(21)32-2)25(28)26-14-15-4-6-16(7-5-15)17-8-9-20-18(12-17)10-11-34-20/h4-9,12-13H,10-11,14H2,1-3H3,(H,26,28). The zero-order chi connectivity index (χ0) is 24.2. The molecule has 1 amide bonds. The van der Waals surface area contributed by atoms with Gasteiger partial charge in [-0.15, -0.1) is 0 Å². The number of carbonyl (C=O) groups excluding carboxylic acids is 1. The second-order valence-corrected chi connectivity index (χ2v) is 7.60. The summed E-state index contributed by atoms with van der Waals surface area (Å²) in [6, 6.07) is 15.2. The van der Waals surface area contributed by atoms with Gasteiger partial charge in [0.2, 0.25) is 11.5 Å². The van der Waals surface area contributed by atoms with Gasteiger partial charge in [-0.1, -0.05) is 30.3 Å². The second-order valence-electron chi connectivity index (χ2n) is 7.60. The first kappa shape index (κ1) is 22.9. The molecule has 0 saturated carbocycles. The number of nitrogens with zero attached hydrogens (tertiary/aromatic N) is 1. The quantitative estimate of drug-likeness (QED) is 0.394. The Hall–Kier alpha value is -4.27. The van der Waals surface area contributed by atoms with Crippen LogP contribution in [0.3, 0.4) is 0 Å². The molecular formula is C25H24N2O7. The largest absolute Gasteiger partial charge is 0.493 e. The van der Waals surface area contributed by atoms with E-state index in [1.807, 2.05) is 36.4 Å². The van der Waals surface area contributed by atoms with E-state index in [-0.39, 0.29) is 29.4 Å². The summed E-state index contributed by atoms with van der Waals surface area (Å²) in [7, 11) is 3.98. The van der Waals surface area contributed by atoms with E-state index in [4.69, 9.17) is 18.9 Å². The smallest absolute Gasteiger partial charge is 0.327 e. The van der Waals surface area contributed by atoms with Crippen LogP contribution in [0.4, 0.5) is 5.69 Å². The summed E-state index contributed by atoms with van der Waals surface area (Å²) in [6.07, 6.45) is 0.903. The van der Waals surface area contributed by atoms with Gasteiger partial charge in [-0.3, -0.25) is 14.9 Å². The molecule has 1 heterocycles. The highest BCUT2D eigenvalue weighted by Gasteiger charge is 2.32. The molecule has 4 rings (SSSR count). The lowest BCUT2D eigenvalue weighted by Gasteiger charge is -2.15. The van der Waals surface area contributed by atoms with Crippen LogP contribution >= 0.6 is 0 Å². The summed E-state index contributed by atoms with van der Waals surface area (Å²) >= 11 is 0. The normalized spacial score (nSPS) is 11.9. The number of ether oxygens (including phenoxy) is 4. The number of benzene rings is 3. The van der Waals surface area contributed by atoms with Crippen molar-refractivity contribution in [2.45, 2.75) is 13.0 Å². The van der Waals surface area contributed by atoms with Crippen molar-refractivity contribution >= 4 is 11.6 Å². The van der Waals surface area contributed by atoms with Gasteiger partial charge in [0.25, 0.3) is 5.91 Å². The van der Waals surface area contributed by atoms with E-state index in [0.29, 0.717) is 6.61 Å². The van der Waals surface area contributed by atoms with E-state index in [1.165, 1.54) is 33.0 Å². The number of nitrogens with one attached hydrogen (secondary N) is 1. The molecule has 0 unspecified atom stereocenters. The average Bonchev–Trinajstić information content (AvgIpc) is 3.34. The fourth-order valence-corrected chi connectivity index (χ4v) is 3.95. The van der Waals surface area contributed by atoms with Crippen molar-refractivity contribution in [1.29, 1.82) is 0 Å². The van der Waals surface area contributed by atoms with Gasteiger partial charge in [-0.05, 0) is 34.4 Å². The minimum Gasteiger partial charge on any atom is -0.493 e. The number of hydrogen-bond acceptors (Lipinski definition) is 7. The number of amides is 1. The van der Waals surface area contributed by atoms with Gasteiger partial charge in [0.15, 0.2) is 5.75 Å². The maximum atomic E-state index is 12.9. The van der Waals surface area contributed by atoms with Crippen LogP contribution < -0.4 is 24.3 Å². The lowest BCUT2D eigenvalue weighted by molar-refractivity contribution is -0.386. The van der Waals surface area contributed by atoms with Gasteiger partial charge in [0.05, 0.1) is 32.9 Å². The van der Waals surface area contributed by atoms with Crippen molar-refractivity contribution in [3.63, 3.8) is 0 Å². The van der Waals surface area contributed by atoms with Crippen molar-refractivity contribution in [3.8, 4) is 34.1 Å². The van der Waals surface area contributed by atoms with Crippen molar-refractivity contribution in [2.24, 2.45) is 0 Å². The van der Waals surface area contributed by atoms with Gasteiger partial charge in [0.1, 0.15) is 11.3 Å². The maximum absolute atomic E-state index is 12.9. The van der Waals surface area contributed by atoms with Gasteiger partial charge in [0, 0.05) is 19.0 Å². The van der Waals surface area contributed by atoms with E-state index in [2.05, 4.69) is 11.4 Å². The molecule has 0 fully saturated rings. The fourth-order valence-electron chi connectivity index (χ4n) is 3.95. The third-order valence-electron chi connectivity index (χ3n) is 5.66. The summed E-state index contributed by atoms with van der Waals surface area (Å²) in [5.74, 6) is 0.319. The third-order valence-corrected chi connectivity index (χ3v) is 5.66. The molecular weight excluding hydrogens is 440 g/mol. The SMILES string of the molecule is COc1cc(C(=O)NCc2ccc(-c3ccc4c(c3)CCO4)cc2)c([N+](=O)[O-])c(OC)c1OC. The van der Waals surface area contributed by atoms with E-state index in [0.717, 1.165) is 28.9 Å². The number of nitro benzene ring substituents is 1. The molecule has 0 spiro atoms. The van der Waals surface area contributed by atoms with Crippen LogP contribution in [0.1, 0.15) is 21.5 Å². The number of hydrogen-bond donors (Lipinski definition) is 1. The highest BCUT2D eigenvalue weighted by molar-refractivity contribution is 6.00. The van der Waals surface area contributed by atoms with Crippen LogP contribution in [-0.4, -0.2) is 38.8 Å². The first-order chi connectivity index (χ1) is 16.5. The number of methoxy groups -OCH3 is 3. The zero-order valence-electron chi connectivity index (χ0n) is 19.0. The molecule has 3 aromatic carbocycles. The van der Waals surface area contributed by atoms with Crippen LogP contribution in [0.5, 0.6) is 23.0 Å². The molecule has 0 aromatic heterocycles. The topological polar surface area (TPSA) is 109 Å². The van der Waals surface area contributed by atoms with Crippen LogP contribution in [-0.2, 0) is 13.0 Å². The minimum absolute atomic E-state index is 0.0435. The molecule has 1 N–H and O–H groups in total. The Labute approximate surface area is 196 Å². The maximum Gasteiger partial charge on any atom is 0.327 e. The Bertz CT molecular complexity index is 1240. The Balaban J connectivity index is 1.53. The van der Waals surface area contributed by atoms with Crippen LogP contribution in [0.15, 0.2) is 48.5 Å². The summed E-state index contributed by atoms with van der Waals surface area (Å²) in [5.41, 5.74) is 3.50. The van der Waals surface area contributed by atoms with Crippen molar-refractivity contribution in [2.75, 3.05) is 27.9 Å². The van der Waals surface area contributed by atoms with Crippen molar-refractivity contribution < 1.29 is 28.7 Å². The second kappa shape index (κ2) is 9.70. The van der Waals surface area contributed by atoms with E-state index in [1.54, 1.807) is 0 Å². The van der Waals surface area contributed by atoms with Gasteiger partial charge in [-0.2, -0.15) is 0 Å². The van der Waals surface area contributed by atoms with Crippen LogP contribution in [0, 0.1) is 10.1 Å². The summed E-state index contributed by atoms with van der Waals surface area (Å²) in [4.78, 5) is 24.0. The molecule has 0 radical (unpaired) electrons. The molecule has 0 aliphatic carbocycles. The van der Waals surface area contributed by atoms with Gasteiger partial charge >= 0.3 is 5.69 Å². The van der Waals surface area contributed by atoms with Crippen molar-refractivity contribution in [3.05, 3.63) is 75.3 Å². The lowest BCUT2D eigenvalue weighted by atomic mass is 10.0. The Kier molecular flexibility index (Phi) is 6.53. The number of carbonyl (C=O) groups is 1. The van der Waals surface area contributed by atoms with E-state index >= 15 is 0 Å². The summed E-state index contributed by atoms with van der Waals surface area (Å²) < 4.78 is 21.2. The summed E-state index contributed by atoms with van der Waals surface area (Å²) in [6.45, 7) is 0.895. The van der Waals surface area contributed by atoms with Crippen LogP contribution in [0.25, 0.3) is 11.1 Å². The zero-order valence-corrected chi connectivity index (χ0v) is 19.0. The molecule has 34 heavy (non-hydrogen) atoms. The predicted octanol–water partition coefficient (Wildman–Crippen LogP) is 4.15. The Morgan fingerprint density at radius 1 is 1.00 bits per heavy atom. The average molecular weight is 464 g/mol. The van der Waals surface area contributed by atoms with Crippen molar-refractivity contribution in [1.82, 2.24) is 5.32 Å². The van der Waals surface area contributed by atoms with Gasteiger partial charge < -0.3 is 24.3 Å². The predicted molar refractivity (Wildman–Crippen MR) is 125 cm³/mol. The summed E-state index contributed by atoms with van der Waals surface area (Å²) in [5, 5.41) is 14.5. The highest BCUT2D eigenvalue weighted by Crippen LogP contribution is 2.46. The van der Waals surface area contributed by atoms with Crippen LogP contribution in [0.2, 0.25) is 0 Å². The first-order valence-electron chi connectivity index (χ1n) is 10.6. The molecule has 176 valence electrons. The molecule has 3 aromatic rings. The number of nitro groups is 1. The lowest BCUT2D eigenvalue weighted by Crippen LogP contribution is -2.24. The minimum atomic E-state index is -0.674. The molecule has 0 atom stereocenters. The van der Waals surface area contributed by atoms with E-state index in [9.17, 15) is 14.9 Å². The van der Waals surface area contributed by atoms with Gasteiger partial charge in [-0.25, -0.2) is 0 Å². The fraction of sp³-hybridized carbons (Fsp3) is 0.240. The molecule has 0 saturated heterocycles. The van der Waals surface area contributed by atoms with E-state index < -0.39 is 16.5 Å². The molecule has 1 aliphatic heterocycles. The first-order valence-corrected chi connectivity index (χ1v) is 10.6. The monoisotopic (exact) mass is 464 g/mol. The number of rotatable bonds is 8. The Morgan fingerprint density at radius 2 is 1.71 bits per heavy atom. The number of fused-ring (bicyclic) bond motifs is 1.